The molecule has 0 spiro atoms. The molecule has 102 valence electrons. The highest BCUT2D eigenvalue weighted by Gasteiger charge is 2.18. The Morgan fingerprint density at radius 2 is 1.62 bits per heavy atom. The fourth-order valence-electron chi connectivity index (χ4n) is 3.09. The zero-order valence-corrected chi connectivity index (χ0v) is 12.4. The monoisotopic (exact) mass is 271 g/mol. The molecule has 4 rings (SSSR count). The number of aromatic nitrogens is 1. The number of nitrogens with zero attached hydrogens (tertiary/aromatic N) is 1. The third kappa shape index (κ3) is 1.97. The van der Waals surface area contributed by atoms with Gasteiger partial charge in [0, 0.05) is 11.8 Å². The second-order valence-electron chi connectivity index (χ2n) is 5.86. The van der Waals surface area contributed by atoms with E-state index in [1.54, 1.807) is 0 Å². The van der Waals surface area contributed by atoms with Crippen molar-refractivity contribution in [3.63, 3.8) is 0 Å². The highest BCUT2D eigenvalue weighted by atomic mass is 14.7. The van der Waals surface area contributed by atoms with Gasteiger partial charge in [0.2, 0.25) is 0 Å². The van der Waals surface area contributed by atoms with Crippen LogP contribution in [0.4, 0.5) is 0 Å². The number of pyridine rings is 1. The van der Waals surface area contributed by atoms with E-state index < -0.39 is 0 Å². The van der Waals surface area contributed by atoms with Gasteiger partial charge in [0.15, 0.2) is 0 Å². The number of aryl methyl sites for hydroxylation is 2. The molecule has 1 aromatic heterocycles. The summed E-state index contributed by atoms with van der Waals surface area (Å²) in [6, 6.07) is 17.6. The molecule has 0 unspecified atom stereocenters. The molecule has 0 saturated carbocycles. The van der Waals surface area contributed by atoms with Gasteiger partial charge in [0.05, 0.1) is 5.69 Å². The van der Waals surface area contributed by atoms with Crippen LogP contribution in [0.3, 0.4) is 0 Å². The Morgan fingerprint density at radius 1 is 0.810 bits per heavy atom. The zero-order valence-electron chi connectivity index (χ0n) is 12.4. The summed E-state index contributed by atoms with van der Waals surface area (Å²) in [5.74, 6) is 0. The molecule has 0 amide bonds. The Balaban J connectivity index is 1.81. The summed E-state index contributed by atoms with van der Waals surface area (Å²) >= 11 is 0. The first-order valence-electron chi connectivity index (χ1n) is 7.37. The molecule has 0 bridgehead atoms. The fourth-order valence-corrected chi connectivity index (χ4v) is 3.09. The van der Waals surface area contributed by atoms with Crippen molar-refractivity contribution in [2.24, 2.45) is 0 Å². The lowest BCUT2D eigenvalue weighted by Gasteiger charge is -2.07. The van der Waals surface area contributed by atoms with Gasteiger partial charge >= 0.3 is 0 Å². The van der Waals surface area contributed by atoms with Crippen molar-refractivity contribution in [2.75, 3.05) is 0 Å². The minimum absolute atomic E-state index is 1.03. The smallest absolute Gasteiger partial charge is 0.0704 e. The Hall–Kier alpha value is -2.41. The second kappa shape index (κ2) is 4.56. The summed E-state index contributed by atoms with van der Waals surface area (Å²) in [6.07, 6.45) is 3.00. The van der Waals surface area contributed by atoms with E-state index in [9.17, 15) is 0 Å². The lowest BCUT2D eigenvalue weighted by Crippen LogP contribution is -1.90. The molecule has 0 aliphatic heterocycles. The topological polar surface area (TPSA) is 12.9 Å². The minimum Gasteiger partial charge on any atom is -0.256 e. The van der Waals surface area contributed by atoms with Crippen LogP contribution in [0, 0.1) is 13.8 Å². The predicted molar refractivity (Wildman–Crippen MR) is 87.4 cm³/mol. The molecule has 0 N–H and O–H groups in total. The molecule has 1 aliphatic rings. The van der Waals surface area contributed by atoms with Crippen LogP contribution in [0.2, 0.25) is 0 Å². The van der Waals surface area contributed by atoms with Crippen molar-refractivity contribution in [2.45, 2.75) is 20.3 Å². The molecule has 21 heavy (non-hydrogen) atoms. The van der Waals surface area contributed by atoms with Gasteiger partial charge in [-0.05, 0) is 65.8 Å². The first-order chi connectivity index (χ1) is 10.2. The van der Waals surface area contributed by atoms with Crippen molar-refractivity contribution in [3.05, 3.63) is 77.0 Å². The van der Waals surface area contributed by atoms with Gasteiger partial charge in [-0.25, -0.2) is 0 Å². The minimum atomic E-state index is 1.03. The zero-order chi connectivity index (χ0) is 14.4. The highest BCUT2D eigenvalue weighted by Crippen LogP contribution is 2.38. The van der Waals surface area contributed by atoms with Crippen molar-refractivity contribution in [3.8, 4) is 22.4 Å². The Bertz CT molecular complexity index is 846. The Labute approximate surface area is 125 Å². The summed E-state index contributed by atoms with van der Waals surface area (Å²) in [6.45, 7) is 4.25. The summed E-state index contributed by atoms with van der Waals surface area (Å²) < 4.78 is 0. The lowest BCUT2D eigenvalue weighted by atomic mass is 10.0. The molecule has 3 aromatic rings. The van der Waals surface area contributed by atoms with E-state index in [2.05, 4.69) is 67.4 Å². The summed E-state index contributed by atoms with van der Waals surface area (Å²) in [7, 11) is 0. The average molecular weight is 271 g/mol. The molecule has 1 heteroatoms. The summed E-state index contributed by atoms with van der Waals surface area (Å²) in [4.78, 5) is 4.58. The molecule has 1 aliphatic carbocycles. The van der Waals surface area contributed by atoms with Gasteiger partial charge in [-0.3, -0.25) is 4.98 Å². The standard InChI is InChI=1S/C20H17N/c1-13-9-20(21-12-14(13)2)16-7-8-19-17(11-16)10-15-5-3-4-6-18(15)19/h3-9,11-12H,10H2,1-2H3. The van der Waals surface area contributed by atoms with E-state index in [4.69, 9.17) is 0 Å². The van der Waals surface area contributed by atoms with Gasteiger partial charge in [-0.15, -0.1) is 0 Å². The average Bonchev–Trinajstić information content (AvgIpc) is 2.87. The predicted octanol–water partition coefficient (Wildman–Crippen LogP) is 4.94. The molecule has 1 nitrogen and oxygen atoms in total. The van der Waals surface area contributed by atoms with E-state index in [-0.39, 0.29) is 0 Å². The van der Waals surface area contributed by atoms with Crippen LogP contribution in [-0.4, -0.2) is 4.98 Å². The Kier molecular flexibility index (Phi) is 2.68. The number of rotatable bonds is 1. The van der Waals surface area contributed by atoms with Crippen LogP contribution in [-0.2, 0) is 6.42 Å². The maximum Gasteiger partial charge on any atom is 0.0704 e. The van der Waals surface area contributed by atoms with Crippen molar-refractivity contribution < 1.29 is 0 Å². The molecule has 0 fully saturated rings. The highest BCUT2D eigenvalue weighted by molar-refractivity contribution is 5.79. The van der Waals surface area contributed by atoms with Gasteiger partial charge < -0.3 is 0 Å². The van der Waals surface area contributed by atoms with Crippen molar-refractivity contribution in [1.82, 2.24) is 4.98 Å². The van der Waals surface area contributed by atoms with Crippen molar-refractivity contribution in [1.29, 1.82) is 0 Å². The number of hydrogen-bond donors (Lipinski definition) is 0. The Morgan fingerprint density at radius 3 is 2.48 bits per heavy atom. The number of hydrogen-bond acceptors (Lipinski definition) is 1. The van der Waals surface area contributed by atoms with Crippen LogP contribution in [0.25, 0.3) is 22.4 Å². The third-order valence-corrected chi connectivity index (χ3v) is 4.46. The first kappa shape index (κ1) is 12.3. The number of fused-ring (bicyclic) bond motifs is 3. The molecule has 0 radical (unpaired) electrons. The maximum absolute atomic E-state index is 4.58. The summed E-state index contributed by atoms with van der Waals surface area (Å²) in [5.41, 5.74) is 10.4. The van der Waals surface area contributed by atoms with Gasteiger partial charge in [0.1, 0.15) is 0 Å². The quantitative estimate of drug-likeness (QED) is 0.478. The molecule has 1 heterocycles. The van der Waals surface area contributed by atoms with E-state index in [1.165, 1.54) is 38.9 Å². The van der Waals surface area contributed by atoms with E-state index >= 15 is 0 Å². The van der Waals surface area contributed by atoms with E-state index in [0.717, 1.165) is 12.1 Å². The van der Waals surface area contributed by atoms with Crippen LogP contribution < -0.4 is 0 Å². The molecule has 2 aromatic carbocycles. The molecular formula is C20H17N. The van der Waals surface area contributed by atoms with Gasteiger partial charge in [-0.1, -0.05) is 36.4 Å². The molecule has 0 saturated heterocycles. The van der Waals surface area contributed by atoms with Crippen LogP contribution in [0.15, 0.2) is 54.7 Å². The van der Waals surface area contributed by atoms with Gasteiger partial charge in [0.25, 0.3) is 0 Å². The summed E-state index contributed by atoms with van der Waals surface area (Å²) in [5, 5.41) is 0. The van der Waals surface area contributed by atoms with E-state index in [1.807, 2.05) is 6.20 Å². The van der Waals surface area contributed by atoms with Crippen LogP contribution in [0.1, 0.15) is 22.3 Å². The second-order valence-corrected chi connectivity index (χ2v) is 5.86. The molecular weight excluding hydrogens is 254 g/mol. The van der Waals surface area contributed by atoms with Crippen LogP contribution >= 0.6 is 0 Å². The third-order valence-electron chi connectivity index (χ3n) is 4.46. The molecule has 0 atom stereocenters. The van der Waals surface area contributed by atoms with Crippen LogP contribution in [0.5, 0.6) is 0 Å². The largest absolute Gasteiger partial charge is 0.256 e. The van der Waals surface area contributed by atoms with E-state index in [0.29, 0.717) is 0 Å². The number of benzene rings is 2. The SMILES string of the molecule is Cc1cnc(-c2ccc3c(c2)Cc2ccccc2-3)cc1C. The lowest BCUT2D eigenvalue weighted by molar-refractivity contribution is 1.21. The van der Waals surface area contributed by atoms with Crippen molar-refractivity contribution >= 4 is 0 Å². The fraction of sp³-hybridized carbons (Fsp3) is 0.150. The first-order valence-corrected chi connectivity index (χ1v) is 7.37. The normalized spacial score (nSPS) is 12.1. The maximum atomic E-state index is 4.58. The van der Waals surface area contributed by atoms with Gasteiger partial charge in [-0.2, -0.15) is 0 Å².